The summed E-state index contributed by atoms with van der Waals surface area (Å²) in [5, 5.41) is 9.78. The van der Waals surface area contributed by atoms with E-state index in [1.807, 2.05) is 17.0 Å². The largest absolute Gasteiger partial charge is 0.504 e. The van der Waals surface area contributed by atoms with Gasteiger partial charge in [0.1, 0.15) is 5.37 Å². The van der Waals surface area contributed by atoms with Crippen LogP contribution in [0.3, 0.4) is 0 Å². The van der Waals surface area contributed by atoms with Crippen LogP contribution in [0.15, 0.2) is 18.2 Å². The van der Waals surface area contributed by atoms with E-state index in [0.29, 0.717) is 11.5 Å². The van der Waals surface area contributed by atoms with Gasteiger partial charge < -0.3 is 19.6 Å². The van der Waals surface area contributed by atoms with E-state index in [1.165, 1.54) is 32.4 Å². The first-order chi connectivity index (χ1) is 11.2. The van der Waals surface area contributed by atoms with Gasteiger partial charge in [0.2, 0.25) is 5.91 Å². The number of phenols is 1. The maximum absolute atomic E-state index is 12.3. The Morgan fingerprint density at radius 1 is 1.35 bits per heavy atom. The van der Waals surface area contributed by atoms with Crippen LogP contribution >= 0.6 is 11.8 Å². The fourth-order valence-corrected chi connectivity index (χ4v) is 4.61. The quantitative estimate of drug-likeness (QED) is 0.843. The van der Waals surface area contributed by atoms with E-state index in [9.17, 15) is 9.90 Å². The van der Waals surface area contributed by atoms with Crippen LogP contribution in [0.25, 0.3) is 0 Å². The van der Waals surface area contributed by atoms with E-state index in [1.54, 1.807) is 29.8 Å². The van der Waals surface area contributed by atoms with E-state index in [4.69, 9.17) is 4.74 Å². The van der Waals surface area contributed by atoms with E-state index < -0.39 is 0 Å². The summed E-state index contributed by atoms with van der Waals surface area (Å²) in [6.07, 6.45) is 3.95. The lowest BCUT2D eigenvalue weighted by molar-refractivity contribution is -0.904. The lowest BCUT2D eigenvalue weighted by Crippen LogP contribution is -3.13. The molecule has 5 nitrogen and oxygen atoms in total. The number of amides is 1. The normalized spacial score (nSPS) is 22.6. The summed E-state index contributed by atoms with van der Waals surface area (Å²) in [5.41, 5.74) is 1.02. The summed E-state index contributed by atoms with van der Waals surface area (Å²) >= 11 is 1.65. The second kappa shape index (κ2) is 7.45. The molecule has 2 heterocycles. The van der Waals surface area contributed by atoms with Crippen molar-refractivity contribution >= 4 is 17.7 Å². The third kappa shape index (κ3) is 3.75. The number of thioether (sulfide) groups is 1. The SMILES string of the molecule is COc1cc(C2SCC(=O)N2CC[NH+]2CCCCC2)ccc1O. The van der Waals surface area contributed by atoms with Gasteiger partial charge in [-0.25, -0.2) is 0 Å². The van der Waals surface area contributed by atoms with Crippen molar-refractivity contribution in [2.45, 2.75) is 24.6 Å². The molecule has 0 aromatic heterocycles. The number of aromatic hydroxyl groups is 1. The molecule has 2 aliphatic heterocycles. The van der Waals surface area contributed by atoms with Crippen molar-refractivity contribution in [2.75, 3.05) is 39.0 Å². The number of rotatable bonds is 5. The molecular formula is C17H25N2O3S+. The molecule has 0 radical (unpaired) electrons. The number of nitrogens with one attached hydrogen (secondary N) is 1. The van der Waals surface area contributed by atoms with Gasteiger partial charge in [0.25, 0.3) is 0 Å². The Hall–Kier alpha value is -1.40. The lowest BCUT2D eigenvalue weighted by Gasteiger charge is -2.28. The summed E-state index contributed by atoms with van der Waals surface area (Å²) in [6, 6.07) is 5.37. The third-order valence-corrected chi connectivity index (χ3v) is 5.98. The Morgan fingerprint density at radius 2 is 2.13 bits per heavy atom. The van der Waals surface area contributed by atoms with Gasteiger partial charge >= 0.3 is 0 Å². The number of nitrogens with zero attached hydrogens (tertiary/aromatic N) is 1. The number of phenolic OH excluding ortho intramolecular Hbond substituents is 1. The molecule has 2 N–H and O–H groups in total. The first-order valence-corrected chi connectivity index (χ1v) is 9.35. The Kier molecular flexibility index (Phi) is 5.33. The van der Waals surface area contributed by atoms with Crippen molar-refractivity contribution < 1.29 is 19.5 Å². The summed E-state index contributed by atoms with van der Waals surface area (Å²) in [6.45, 7) is 4.28. The van der Waals surface area contributed by atoms with Crippen LogP contribution in [0.1, 0.15) is 30.2 Å². The Morgan fingerprint density at radius 3 is 2.87 bits per heavy atom. The number of piperidine rings is 1. The highest BCUT2D eigenvalue weighted by molar-refractivity contribution is 8.00. The fourth-order valence-electron chi connectivity index (χ4n) is 3.40. The van der Waals surface area contributed by atoms with Gasteiger partial charge in [-0.15, -0.1) is 11.8 Å². The number of carbonyl (C=O) groups is 1. The van der Waals surface area contributed by atoms with Crippen molar-refractivity contribution in [3.05, 3.63) is 23.8 Å². The van der Waals surface area contributed by atoms with Crippen molar-refractivity contribution in [3.8, 4) is 11.5 Å². The minimum atomic E-state index is 0.0289. The highest BCUT2D eigenvalue weighted by atomic mass is 32.2. The highest BCUT2D eigenvalue weighted by Gasteiger charge is 2.33. The van der Waals surface area contributed by atoms with Crippen molar-refractivity contribution in [3.63, 3.8) is 0 Å². The van der Waals surface area contributed by atoms with Crippen molar-refractivity contribution in [1.29, 1.82) is 0 Å². The zero-order chi connectivity index (χ0) is 16.2. The number of ether oxygens (including phenoxy) is 1. The van der Waals surface area contributed by atoms with Gasteiger partial charge in [-0.05, 0) is 37.0 Å². The molecule has 126 valence electrons. The number of carbonyl (C=O) groups excluding carboxylic acids is 1. The van der Waals surface area contributed by atoms with Crippen LogP contribution in [0.2, 0.25) is 0 Å². The molecule has 0 aliphatic carbocycles. The number of hydrogen-bond acceptors (Lipinski definition) is 4. The zero-order valence-electron chi connectivity index (χ0n) is 13.6. The molecule has 23 heavy (non-hydrogen) atoms. The average Bonchev–Trinajstić information content (AvgIpc) is 2.95. The minimum Gasteiger partial charge on any atom is -0.504 e. The van der Waals surface area contributed by atoms with Gasteiger partial charge in [-0.2, -0.15) is 0 Å². The highest BCUT2D eigenvalue weighted by Crippen LogP contribution is 2.40. The van der Waals surface area contributed by atoms with Gasteiger partial charge in [-0.1, -0.05) is 6.07 Å². The van der Waals surface area contributed by atoms with E-state index in [2.05, 4.69) is 0 Å². The molecule has 1 atom stereocenters. The molecule has 2 fully saturated rings. The lowest BCUT2D eigenvalue weighted by atomic mass is 10.1. The molecule has 1 aromatic carbocycles. The summed E-state index contributed by atoms with van der Waals surface area (Å²) in [4.78, 5) is 15.9. The Balaban J connectivity index is 1.69. The number of quaternary nitrogens is 1. The maximum atomic E-state index is 12.3. The molecule has 0 bridgehead atoms. The van der Waals surface area contributed by atoms with Crippen molar-refractivity contribution in [1.82, 2.24) is 4.90 Å². The predicted octanol–water partition coefficient (Wildman–Crippen LogP) is 1.04. The average molecular weight is 337 g/mol. The topological polar surface area (TPSA) is 54.2 Å². The van der Waals surface area contributed by atoms with Gasteiger partial charge in [0.05, 0.1) is 39.0 Å². The Labute approximate surface area is 141 Å². The molecule has 0 spiro atoms. The van der Waals surface area contributed by atoms with Crippen LogP contribution in [-0.4, -0.2) is 55.0 Å². The zero-order valence-corrected chi connectivity index (χ0v) is 14.4. The van der Waals surface area contributed by atoms with Crippen molar-refractivity contribution in [2.24, 2.45) is 0 Å². The van der Waals surface area contributed by atoms with Crippen LogP contribution in [0.4, 0.5) is 0 Å². The predicted molar refractivity (Wildman–Crippen MR) is 91.0 cm³/mol. The number of methoxy groups -OCH3 is 1. The standard InChI is InChI=1S/C17H24N2O3S/c1-22-15-11-13(5-6-14(15)20)17-19(16(21)12-23-17)10-9-18-7-3-2-4-8-18/h5-6,11,17,20H,2-4,7-10,12H2,1H3/p+1. The van der Waals surface area contributed by atoms with Gasteiger partial charge in [0.15, 0.2) is 11.5 Å². The number of benzene rings is 1. The molecule has 1 unspecified atom stereocenters. The van der Waals surface area contributed by atoms with Crippen LogP contribution in [0, 0.1) is 0 Å². The van der Waals surface area contributed by atoms with Crippen LogP contribution in [0.5, 0.6) is 11.5 Å². The molecule has 0 saturated carbocycles. The summed E-state index contributed by atoms with van der Waals surface area (Å²) < 4.78 is 5.20. The molecule has 2 aliphatic rings. The van der Waals surface area contributed by atoms with E-state index >= 15 is 0 Å². The second-order valence-corrected chi connectivity index (χ2v) is 7.31. The molecular weight excluding hydrogens is 312 g/mol. The Bertz CT molecular complexity index is 561. The molecule has 3 rings (SSSR count). The molecule has 2 saturated heterocycles. The fraction of sp³-hybridized carbons (Fsp3) is 0.588. The maximum Gasteiger partial charge on any atom is 0.234 e. The first-order valence-electron chi connectivity index (χ1n) is 8.30. The molecule has 1 amide bonds. The smallest absolute Gasteiger partial charge is 0.234 e. The van der Waals surface area contributed by atoms with Gasteiger partial charge in [0, 0.05) is 0 Å². The van der Waals surface area contributed by atoms with E-state index in [0.717, 1.165) is 18.7 Å². The minimum absolute atomic E-state index is 0.0289. The second-order valence-electron chi connectivity index (χ2n) is 6.24. The monoisotopic (exact) mass is 337 g/mol. The van der Waals surface area contributed by atoms with Crippen LogP contribution in [-0.2, 0) is 4.79 Å². The number of hydrogen-bond donors (Lipinski definition) is 2. The third-order valence-electron chi connectivity index (χ3n) is 4.72. The molecule has 6 heteroatoms. The van der Waals surface area contributed by atoms with E-state index in [-0.39, 0.29) is 17.0 Å². The van der Waals surface area contributed by atoms with Crippen LogP contribution < -0.4 is 9.64 Å². The first kappa shape index (κ1) is 16.5. The number of likely N-dealkylation sites (tertiary alicyclic amines) is 1. The summed E-state index contributed by atoms with van der Waals surface area (Å²) in [5.74, 6) is 1.34. The van der Waals surface area contributed by atoms with Gasteiger partial charge in [-0.3, -0.25) is 4.79 Å². The molecule has 1 aromatic rings. The summed E-state index contributed by atoms with van der Waals surface area (Å²) in [7, 11) is 1.54.